The van der Waals surface area contributed by atoms with E-state index in [2.05, 4.69) is 4.74 Å². The van der Waals surface area contributed by atoms with Crippen molar-refractivity contribution in [3.8, 4) is 0 Å². The van der Waals surface area contributed by atoms with Crippen molar-refractivity contribution in [3.63, 3.8) is 0 Å². The number of aliphatic carboxylic acids is 1. The van der Waals surface area contributed by atoms with Gasteiger partial charge in [0.05, 0.1) is 26.7 Å². The molecule has 0 aromatic heterocycles. The van der Waals surface area contributed by atoms with Crippen LogP contribution in [0.5, 0.6) is 0 Å². The van der Waals surface area contributed by atoms with Crippen molar-refractivity contribution in [3.05, 3.63) is 0 Å². The van der Waals surface area contributed by atoms with E-state index in [9.17, 15) is 18.0 Å². The van der Waals surface area contributed by atoms with Crippen LogP contribution >= 0.6 is 0 Å². The van der Waals surface area contributed by atoms with Crippen LogP contribution in [0.2, 0.25) is 0 Å². The van der Waals surface area contributed by atoms with Crippen molar-refractivity contribution in [1.29, 1.82) is 0 Å². The number of morpholine rings is 1. The molecule has 1 heterocycles. The summed E-state index contributed by atoms with van der Waals surface area (Å²) in [6.07, 6.45) is -0.574. The predicted octanol–water partition coefficient (Wildman–Crippen LogP) is -1.83. The van der Waals surface area contributed by atoms with Crippen molar-refractivity contribution in [2.24, 2.45) is 0 Å². The van der Waals surface area contributed by atoms with Gasteiger partial charge in [-0.05, 0) is 0 Å². The molecule has 9 nitrogen and oxygen atoms in total. The fraction of sp³-hybridized carbons (Fsp3) is 0.778. The lowest BCUT2D eigenvalue weighted by molar-refractivity contribution is -0.147. The Bertz CT molecular complexity index is 430. The molecule has 1 atom stereocenters. The van der Waals surface area contributed by atoms with E-state index in [0.29, 0.717) is 0 Å². The van der Waals surface area contributed by atoms with Gasteiger partial charge in [-0.15, -0.1) is 0 Å². The SMILES string of the molecule is COC(=O)C[C@H](NS(=O)(=O)N1CCOCC1)C(=O)O. The number of nitrogens with zero attached hydrogens (tertiary/aromatic N) is 1. The molecule has 110 valence electrons. The molecule has 19 heavy (non-hydrogen) atoms. The highest BCUT2D eigenvalue weighted by Crippen LogP contribution is 2.06. The van der Waals surface area contributed by atoms with Gasteiger partial charge < -0.3 is 14.6 Å². The molecule has 2 N–H and O–H groups in total. The van der Waals surface area contributed by atoms with Crippen LogP contribution in [0.3, 0.4) is 0 Å². The van der Waals surface area contributed by atoms with Crippen LogP contribution in [0.25, 0.3) is 0 Å². The van der Waals surface area contributed by atoms with Crippen molar-refractivity contribution in [2.75, 3.05) is 33.4 Å². The molecule has 1 aliphatic heterocycles. The molecule has 0 aliphatic carbocycles. The van der Waals surface area contributed by atoms with Gasteiger partial charge in [-0.1, -0.05) is 0 Å². The van der Waals surface area contributed by atoms with Gasteiger partial charge in [-0.2, -0.15) is 17.4 Å². The maximum Gasteiger partial charge on any atom is 0.322 e. The number of nitrogens with one attached hydrogen (secondary N) is 1. The number of esters is 1. The van der Waals surface area contributed by atoms with Crippen LogP contribution in [-0.4, -0.2) is 69.2 Å². The molecule has 1 rings (SSSR count). The Morgan fingerprint density at radius 1 is 1.42 bits per heavy atom. The first-order chi connectivity index (χ1) is 8.86. The molecule has 0 amide bonds. The molecule has 0 saturated carbocycles. The Morgan fingerprint density at radius 3 is 2.47 bits per heavy atom. The average Bonchev–Trinajstić information content (AvgIpc) is 2.38. The molecule has 0 unspecified atom stereocenters. The Hall–Kier alpha value is -1.23. The zero-order valence-corrected chi connectivity index (χ0v) is 11.2. The fourth-order valence-electron chi connectivity index (χ4n) is 1.47. The highest BCUT2D eigenvalue weighted by atomic mass is 32.2. The smallest absolute Gasteiger partial charge is 0.322 e. The van der Waals surface area contributed by atoms with E-state index in [-0.39, 0.29) is 26.3 Å². The molecular weight excluding hydrogens is 280 g/mol. The van der Waals surface area contributed by atoms with Gasteiger partial charge >= 0.3 is 11.9 Å². The molecule has 0 radical (unpaired) electrons. The van der Waals surface area contributed by atoms with Crippen molar-refractivity contribution in [1.82, 2.24) is 9.03 Å². The van der Waals surface area contributed by atoms with E-state index in [0.717, 1.165) is 11.4 Å². The van der Waals surface area contributed by atoms with E-state index >= 15 is 0 Å². The minimum absolute atomic E-state index is 0.139. The summed E-state index contributed by atoms with van der Waals surface area (Å²) in [5, 5.41) is 8.90. The van der Waals surface area contributed by atoms with E-state index in [1.807, 2.05) is 4.72 Å². The van der Waals surface area contributed by atoms with E-state index in [1.165, 1.54) is 0 Å². The van der Waals surface area contributed by atoms with Crippen LogP contribution in [-0.2, 0) is 29.3 Å². The number of carbonyl (C=O) groups is 2. The van der Waals surface area contributed by atoms with Gasteiger partial charge in [0.2, 0.25) is 0 Å². The maximum atomic E-state index is 11.9. The first kappa shape index (κ1) is 15.8. The molecule has 0 bridgehead atoms. The highest BCUT2D eigenvalue weighted by molar-refractivity contribution is 7.87. The van der Waals surface area contributed by atoms with Gasteiger partial charge in [0.1, 0.15) is 6.04 Å². The lowest BCUT2D eigenvalue weighted by Gasteiger charge is -2.27. The van der Waals surface area contributed by atoms with Gasteiger partial charge in [-0.25, -0.2) is 0 Å². The first-order valence-corrected chi connectivity index (χ1v) is 6.95. The molecule has 0 aromatic carbocycles. The third kappa shape index (κ3) is 4.74. The molecule has 1 fully saturated rings. The van der Waals surface area contributed by atoms with E-state index in [4.69, 9.17) is 9.84 Å². The second-order valence-corrected chi connectivity index (χ2v) is 5.51. The van der Waals surface area contributed by atoms with Crippen LogP contribution in [0.4, 0.5) is 0 Å². The Kier molecular flexibility index (Phi) is 5.66. The summed E-state index contributed by atoms with van der Waals surface area (Å²) in [4.78, 5) is 22.0. The summed E-state index contributed by atoms with van der Waals surface area (Å²) in [5.41, 5.74) is 0. The number of carbonyl (C=O) groups excluding carboxylic acids is 1. The molecule has 1 saturated heterocycles. The number of hydrogen-bond acceptors (Lipinski definition) is 6. The minimum atomic E-state index is -3.97. The van der Waals surface area contributed by atoms with Crippen LogP contribution < -0.4 is 4.72 Å². The number of ether oxygens (including phenoxy) is 2. The van der Waals surface area contributed by atoms with Crippen molar-refractivity contribution < 1.29 is 32.6 Å². The van der Waals surface area contributed by atoms with Gasteiger partial charge in [-0.3, -0.25) is 9.59 Å². The Labute approximate surface area is 110 Å². The summed E-state index contributed by atoms with van der Waals surface area (Å²) in [6, 6.07) is -1.56. The predicted molar refractivity (Wildman–Crippen MR) is 62.5 cm³/mol. The zero-order chi connectivity index (χ0) is 14.5. The van der Waals surface area contributed by atoms with Crippen LogP contribution in [0, 0.1) is 0 Å². The molecule has 1 aliphatic rings. The minimum Gasteiger partial charge on any atom is -0.480 e. The van der Waals surface area contributed by atoms with E-state index < -0.39 is 34.6 Å². The Balaban J connectivity index is 2.71. The maximum absolute atomic E-state index is 11.9. The molecule has 0 aromatic rings. The second-order valence-electron chi connectivity index (χ2n) is 3.81. The number of rotatable bonds is 6. The van der Waals surface area contributed by atoms with Crippen LogP contribution in [0.15, 0.2) is 0 Å². The molecule has 10 heteroatoms. The molecular formula is C9H16N2O7S. The second kappa shape index (κ2) is 6.80. The summed E-state index contributed by atoms with van der Waals surface area (Å²) in [5.74, 6) is -2.25. The van der Waals surface area contributed by atoms with Gasteiger partial charge in [0.15, 0.2) is 0 Å². The first-order valence-electron chi connectivity index (χ1n) is 5.51. The lowest BCUT2D eigenvalue weighted by Crippen LogP contribution is -2.52. The average molecular weight is 296 g/mol. The third-order valence-electron chi connectivity index (χ3n) is 2.50. The molecule has 0 spiro atoms. The summed E-state index contributed by atoms with van der Waals surface area (Å²) in [7, 11) is -2.87. The highest BCUT2D eigenvalue weighted by Gasteiger charge is 2.31. The normalized spacial score (nSPS) is 18.8. The zero-order valence-electron chi connectivity index (χ0n) is 10.4. The topological polar surface area (TPSA) is 122 Å². The Morgan fingerprint density at radius 2 is 2.00 bits per heavy atom. The number of hydrogen-bond donors (Lipinski definition) is 2. The van der Waals surface area contributed by atoms with Crippen molar-refractivity contribution in [2.45, 2.75) is 12.5 Å². The van der Waals surface area contributed by atoms with Gasteiger partial charge in [0, 0.05) is 13.1 Å². The van der Waals surface area contributed by atoms with Crippen molar-refractivity contribution >= 4 is 22.1 Å². The standard InChI is InChI=1S/C9H16N2O7S/c1-17-8(12)6-7(9(13)14)10-19(15,16)11-2-4-18-5-3-11/h7,10H,2-6H2,1H3,(H,13,14)/t7-/m0/s1. The number of carboxylic acids is 1. The van der Waals surface area contributed by atoms with Crippen LogP contribution in [0.1, 0.15) is 6.42 Å². The van der Waals surface area contributed by atoms with Gasteiger partial charge in [0.25, 0.3) is 10.2 Å². The largest absolute Gasteiger partial charge is 0.480 e. The fourth-order valence-corrected chi connectivity index (χ4v) is 2.79. The summed E-state index contributed by atoms with van der Waals surface area (Å²) >= 11 is 0. The summed E-state index contributed by atoms with van der Waals surface area (Å²) < 4.78 is 36.2. The van der Waals surface area contributed by atoms with E-state index in [1.54, 1.807) is 0 Å². The summed E-state index contributed by atoms with van der Waals surface area (Å²) in [6.45, 7) is 0.769. The lowest BCUT2D eigenvalue weighted by atomic mass is 10.2. The number of methoxy groups -OCH3 is 1. The number of carboxylic acid groups (broad SMARTS) is 1. The quantitative estimate of drug-likeness (QED) is 0.553. The third-order valence-corrected chi connectivity index (χ3v) is 4.13. The monoisotopic (exact) mass is 296 g/mol.